The lowest BCUT2D eigenvalue weighted by Gasteiger charge is -2.36. The predicted molar refractivity (Wildman–Crippen MR) is 77.7 cm³/mol. The van der Waals surface area contributed by atoms with Gasteiger partial charge >= 0.3 is 0 Å². The van der Waals surface area contributed by atoms with E-state index in [0.717, 1.165) is 12.2 Å². The summed E-state index contributed by atoms with van der Waals surface area (Å²) < 4.78 is 12.1. The van der Waals surface area contributed by atoms with E-state index < -0.39 is 8.32 Å². The van der Waals surface area contributed by atoms with E-state index >= 15 is 0 Å². The van der Waals surface area contributed by atoms with E-state index in [0.29, 0.717) is 6.61 Å². The van der Waals surface area contributed by atoms with Crippen LogP contribution in [0.25, 0.3) is 0 Å². The van der Waals surface area contributed by atoms with E-state index in [2.05, 4.69) is 46.0 Å². The average molecular weight is 264 g/mol. The van der Waals surface area contributed by atoms with Crippen LogP contribution in [0.2, 0.25) is 18.1 Å². The maximum atomic E-state index is 6.22. The van der Waals surface area contributed by atoms with Crippen LogP contribution in [-0.2, 0) is 10.8 Å². The second-order valence-electron chi connectivity index (χ2n) is 6.62. The van der Waals surface area contributed by atoms with Crippen molar-refractivity contribution in [2.75, 3.05) is 6.61 Å². The van der Waals surface area contributed by atoms with Crippen LogP contribution >= 0.6 is 0 Å². The molecule has 3 heteroatoms. The molecular weight excluding hydrogens is 240 g/mol. The lowest BCUT2D eigenvalue weighted by molar-refractivity contribution is 0.139. The molecule has 2 rings (SSSR count). The zero-order chi connectivity index (χ0) is 13.4. The zero-order valence-corrected chi connectivity index (χ0v) is 13.1. The van der Waals surface area contributed by atoms with Gasteiger partial charge in [-0.1, -0.05) is 39.0 Å². The first-order valence-corrected chi connectivity index (χ1v) is 9.59. The van der Waals surface area contributed by atoms with Gasteiger partial charge in [-0.15, -0.1) is 0 Å². The number of fused-ring (bicyclic) bond motifs is 1. The molecular formula is C15H24O2Si. The first-order chi connectivity index (χ1) is 8.29. The molecule has 0 fully saturated rings. The largest absolute Gasteiger partial charge is 0.487 e. The van der Waals surface area contributed by atoms with Gasteiger partial charge in [-0.2, -0.15) is 0 Å². The maximum absolute atomic E-state index is 6.22. The molecule has 0 spiro atoms. The summed E-state index contributed by atoms with van der Waals surface area (Å²) in [6, 6.07) is 8.28. The lowest BCUT2D eigenvalue weighted by atomic mass is 10.1. The number of rotatable bonds is 3. The lowest BCUT2D eigenvalue weighted by Crippen LogP contribution is -2.43. The Labute approximate surface area is 111 Å². The Kier molecular flexibility index (Phi) is 3.56. The van der Waals surface area contributed by atoms with Gasteiger partial charge < -0.3 is 9.16 Å². The summed E-state index contributed by atoms with van der Waals surface area (Å²) in [5.41, 5.74) is 1.31. The average Bonchev–Trinajstić information content (AvgIpc) is 2.67. The van der Waals surface area contributed by atoms with Gasteiger partial charge in [-0.3, -0.25) is 0 Å². The highest BCUT2D eigenvalue weighted by Crippen LogP contribution is 2.37. The molecule has 1 aliphatic heterocycles. The number of ether oxygens (including phenoxy) is 1. The van der Waals surface area contributed by atoms with Crippen molar-refractivity contribution in [3.8, 4) is 5.75 Å². The van der Waals surface area contributed by atoms with E-state index in [1.54, 1.807) is 0 Å². The molecule has 0 amide bonds. The zero-order valence-electron chi connectivity index (χ0n) is 12.1. The van der Waals surface area contributed by atoms with Crippen LogP contribution in [0.3, 0.4) is 0 Å². The monoisotopic (exact) mass is 264 g/mol. The van der Waals surface area contributed by atoms with Crippen molar-refractivity contribution in [3.05, 3.63) is 29.8 Å². The minimum Gasteiger partial charge on any atom is -0.487 e. The quantitative estimate of drug-likeness (QED) is 0.768. The predicted octanol–water partition coefficient (Wildman–Crippen LogP) is 4.01. The molecule has 0 aromatic heterocycles. The van der Waals surface area contributed by atoms with Gasteiger partial charge in [0.2, 0.25) is 0 Å². The van der Waals surface area contributed by atoms with Crippen LogP contribution in [0.15, 0.2) is 24.3 Å². The molecule has 0 saturated carbocycles. The molecule has 18 heavy (non-hydrogen) atoms. The second-order valence-corrected chi connectivity index (χ2v) is 11.4. The van der Waals surface area contributed by atoms with E-state index in [-0.39, 0.29) is 11.1 Å². The normalized spacial score (nSPS) is 19.5. The highest BCUT2D eigenvalue weighted by molar-refractivity contribution is 6.74. The fourth-order valence-electron chi connectivity index (χ4n) is 1.86. The van der Waals surface area contributed by atoms with Crippen molar-refractivity contribution in [2.24, 2.45) is 0 Å². The van der Waals surface area contributed by atoms with Crippen LogP contribution < -0.4 is 4.74 Å². The molecule has 1 aliphatic rings. The standard InChI is InChI=1S/C15H24O2Si/c1-15(2,3)18(4,5)16-11-13-10-12-8-6-7-9-14(12)17-13/h6-9,13H,10-11H2,1-5H3. The molecule has 1 aromatic rings. The van der Waals surface area contributed by atoms with E-state index in [4.69, 9.17) is 9.16 Å². The highest BCUT2D eigenvalue weighted by atomic mass is 28.4. The summed E-state index contributed by atoms with van der Waals surface area (Å²) in [5.74, 6) is 1.03. The van der Waals surface area contributed by atoms with Gasteiger partial charge in [-0.05, 0) is 29.8 Å². The third-order valence-electron chi connectivity index (χ3n) is 4.15. The SMILES string of the molecule is CC(C)(C)[Si](C)(C)OCC1Cc2ccccc2O1. The van der Waals surface area contributed by atoms with Crippen molar-refractivity contribution < 1.29 is 9.16 Å². The number of hydrogen-bond donors (Lipinski definition) is 0. The topological polar surface area (TPSA) is 18.5 Å². The van der Waals surface area contributed by atoms with Gasteiger partial charge in [0.25, 0.3) is 0 Å². The number of hydrogen-bond acceptors (Lipinski definition) is 2. The summed E-state index contributed by atoms with van der Waals surface area (Å²) in [5, 5.41) is 0.262. The molecule has 100 valence electrons. The minimum absolute atomic E-state index is 0.191. The van der Waals surface area contributed by atoms with E-state index in [9.17, 15) is 0 Å². The van der Waals surface area contributed by atoms with Crippen molar-refractivity contribution in [1.82, 2.24) is 0 Å². The molecule has 2 nitrogen and oxygen atoms in total. The number of benzene rings is 1. The number of para-hydroxylation sites is 1. The third kappa shape index (κ3) is 2.78. The Morgan fingerprint density at radius 3 is 2.56 bits per heavy atom. The Bertz CT molecular complexity index is 396. The van der Waals surface area contributed by atoms with Crippen LogP contribution in [0, 0.1) is 0 Å². The molecule has 0 saturated heterocycles. The Balaban J connectivity index is 1.91. The molecule has 1 heterocycles. The fraction of sp³-hybridized carbons (Fsp3) is 0.600. The van der Waals surface area contributed by atoms with Crippen molar-refractivity contribution >= 4 is 8.32 Å². The summed E-state index contributed by atoms with van der Waals surface area (Å²) in [4.78, 5) is 0. The van der Waals surface area contributed by atoms with Gasteiger partial charge in [0.1, 0.15) is 11.9 Å². The minimum atomic E-state index is -1.66. The van der Waals surface area contributed by atoms with Crippen LogP contribution in [0.1, 0.15) is 26.3 Å². The molecule has 1 unspecified atom stereocenters. The van der Waals surface area contributed by atoms with Crippen molar-refractivity contribution in [2.45, 2.75) is 51.4 Å². The Morgan fingerprint density at radius 1 is 1.28 bits per heavy atom. The summed E-state index contributed by atoms with van der Waals surface area (Å²) >= 11 is 0. The maximum Gasteiger partial charge on any atom is 0.192 e. The van der Waals surface area contributed by atoms with Gasteiger partial charge in [0, 0.05) is 6.42 Å². The summed E-state index contributed by atoms with van der Waals surface area (Å²) in [6.45, 7) is 12.1. The fourth-order valence-corrected chi connectivity index (χ4v) is 2.90. The molecule has 0 radical (unpaired) electrons. The molecule has 1 atom stereocenters. The second kappa shape index (κ2) is 4.70. The molecule has 0 aliphatic carbocycles. The van der Waals surface area contributed by atoms with E-state index in [1.165, 1.54) is 5.56 Å². The molecule has 0 N–H and O–H groups in total. The first-order valence-electron chi connectivity index (χ1n) is 6.68. The Morgan fingerprint density at radius 2 is 1.94 bits per heavy atom. The van der Waals surface area contributed by atoms with E-state index in [1.807, 2.05) is 12.1 Å². The van der Waals surface area contributed by atoms with Gasteiger partial charge in [-0.25, -0.2) is 0 Å². The molecule has 1 aromatic carbocycles. The van der Waals surface area contributed by atoms with Crippen LogP contribution in [-0.4, -0.2) is 21.0 Å². The first kappa shape index (κ1) is 13.6. The summed E-state index contributed by atoms with van der Waals surface area (Å²) in [6.07, 6.45) is 1.17. The summed E-state index contributed by atoms with van der Waals surface area (Å²) in [7, 11) is -1.66. The van der Waals surface area contributed by atoms with Crippen molar-refractivity contribution in [1.29, 1.82) is 0 Å². The molecule has 0 bridgehead atoms. The smallest absolute Gasteiger partial charge is 0.192 e. The van der Waals surface area contributed by atoms with Gasteiger partial charge in [0.15, 0.2) is 8.32 Å². The van der Waals surface area contributed by atoms with Gasteiger partial charge in [0.05, 0.1) is 6.61 Å². The van der Waals surface area contributed by atoms with Crippen molar-refractivity contribution in [3.63, 3.8) is 0 Å². The Hall–Kier alpha value is -0.803. The van der Waals surface area contributed by atoms with Crippen LogP contribution in [0.5, 0.6) is 5.75 Å². The third-order valence-corrected chi connectivity index (χ3v) is 8.65. The van der Waals surface area contributed by atoms with Crippen LogP contribution in [0.4, 0.5) is 0 Å². The highest BCUT2D eigenvalue weighted by Gasteiger charge is 2.38.